The maximum Gasteiger partial charge on any atom is 0.243 e. The molecule has 1 aliphatic rings. The van der Waals surface area contributed by atoms with Crippen LogP contribution >= 0.6 is 0 Å². The molecule has 1 saturated heterocycles. The van der Waals surface area contributed by atoms with Gasteiger partial charge in [-0.2, -0.15) is 0 Å². The second-order valence-electron chi connectivity index (χ2n) is 9.51. The second-order valence-corrected chi connectivity index (χ2v) is 9.51. The zero-order chi connectivity index (χ0) is 27.9. The Morgan fingerprint density at radius 1 is 0.632 bits per heavy atom. The highest BCUT2D eigenvalue weighted by Crippen LogP contribution is 2.10. The van der Waals surface area contributed by atoms with Gasteiger partial charge in [-0.15, -0.1) is 0 Å². The van der Waals surface area contributed by atoms with Gasteiger partial charge in [0, 0.05) is 12.8 Å². The number of primary amides is 1. The molecule has 12 heteroatoms. The Bertz CT molecular complexity index is 935. The highest BCUT2D eigenvalue weighted by atomic mass is 16.2. The van der Waals surface area contributed by atoms with Gasteiger partial charge in [0.2, 0.25) is 29.5 Å². The Kier molecular flexibility index (Phi) is 13.2. The topological polar surface area (TPSA) is 212 Å². The number of unbranched alkanes of at least 4 members (excludes halogenated alkanes) is 2. The normalized spacial score (nSPS) is 22.8. The molecule has 0 spiro atoms. The van der Waals surface area contributed by atoms with Crippen LogP contribution in [0.25, 0.3) is 0 Å². The van der Waals surface area contributed by atoms with E-state index in [-0.39, 0.29) is 32.1 Å². The molecule has 4 atom stereocenters. The smallest absolute Gasteiger partial charge is 0.243 e. The first kappa shape index (κ1) is 30.7. The standard InChI is InChI=1S/C26H41N7O5/c27-14-6-4-10-18-23(35)32-20(12-13-22(29)34)25(37)30-19(11-5-7-15-28)24(36)33-21(26(38)31-18)16-17-8-2-1-3-9-17/h1-3,8-9,18-21H,4-7,10-16,27-28H2,(H2,29,34)(H,30,37)(H,31,38)(H,32,35)(H,33,36)/t18-,19-,20-,21-/m0/s1. The second kappa shape index (κ2) is 16.4. The zero-order valence-corrected chi connectivity index (χ0v) is 21.7. The molecule has 2 rings (SSSR count). The number of carbonyl (C=O) groups excluding carboxylic acids is 5. The third kappa shape index (κ3) is 10.5. The van der Waals surface area contributed by atoms with Crippen molar-refractivity contribution in [3.05, 3.63) is 35.9 Å². The molecule has 5 amide bonds. The van der Waals surface area contributed by atoms with Crippen molar-refractivity contribution in [3.8, 4) is 0 Å². The molecule has 1 aromatic carbocycles. The number of hydrogen-bond acceptors (Lipinski definition) is 7. The van der Waals surface area contributed by atoms with E-state index < -0.39 is 53.7 Å². The molecule has 1 aromatic rings. The minimum atomic E-state index is -1.12. The van der Waals surface area contributed by atoms with Crippen LogP contribution in [0.1, 0.15) is 56.9 Å². The number of hydrogen-bond donors (Lipinski definition) is 7. The first-order valence-corrected chi connectivity index (χ1v) is 13.2. The molecule has 0 unspecified atom stereocenters. The van der Waals surface area contributed by atoms with E-state index in [4.69, 9.17) is 17.2 Å². The number of nitrogens with one attached hydrogen (secondary N) is 4. The number of nitrogens with two attached hydrogens (primary N) is 3. The molecule has 1 fully saturated rings. The molecule has 0 saturated carbocycles. The van der Waals surface area contributed by atoms with E-state index in [1.54, 1.807) is 0 Å². The third-order valence-corrected chi connectivity index (χ3v) is 6.39. The molecule has 0 bridgehead atoms. The Morgan fingerprint density at radius 2 is 1.05 bits per heavy atom. The van der Waals surface area contributed by atoms with Gasteiger partial charge in [-0.3, -0.25) is 24.0 Å². The lowest BCUT2D eigenvalue weighted by atomic mass is 10.0. The van der Waals surface area contributed by atoms with Gasteiger partial charge < -0.3 is 38.5 Å². The number of amides is 5. The van der Waals surface area contributed by atoms with E-state index in [1.807, 2.05) is 30.3 Å². The Balaban J connectivity index is 2.39. The summed E-state index contributed by atoms with van der Waals surface area (Å²) in [6, 6.07) is 5.15. The van der Waals surface area contributed by atoms with Gasteiger partial charge in [-0.05, 0) is 63.6 Å². The maximum atomic E-state index is 13.4. The van der Waals surface area contributed by atoms with Crippen LogP contribution < -0.4 is 38.5 Å². The number of benzene rings is 1. The zero-order valence-electron chi connectivity index (χ0n) is 21.7. The molecule has 0 aromatic heterocycles. The third-order valence-electron chi connectivity index (χ3n) is 6.39. The van der Waals surface area contributed by atoms with E-state index in [1.165, 1.54) is 0 Å². The highest BCUT2D eigenvalue weighted by molar-refractivity contribution is 5.97. The predicted octanol–water partition coefficient (Wildman–Crippen LogP) is -1.29. The van der Waals surface area contributed by atoms with Crippen LogP contribution in [0.4, 0.5) is 0 Å². The van der Waals surface area contributed by atoms with Gasteiger partial charge in [0.15, 0.2) is 0 Å². The lowest BCUT2D eigenvalue weighted by Crippen LogP contribution is -2.61. The minimum absolute atomic E-state index is 0.0514. The summed E-state index contributed by atoms with van der Waals surface area (Å²) in [5.74, 6) is -2.85. The molecule has 38 heavy (non-hydrogen) atoms. The predicted molar refractivity (Wildman–Crippen MR) is 142 cm³/mol. The van der Waals surface area contributed by atoms with Crippen molar-refractivity contribution < 1.29 is 24.0 Å². The van der Waals surface area contributed by atoms with E-state index in [0.717, 1.165) is 5.56 Å². The summed E-state index contributed by atoms with van der Waals surface area (Å²) in [4.78, 5) is 64.6. The first-order chi connectivity index (χ1) is 18.2. The van der Waals surface area contributed by atoms with E-state index in [9.17, 15) is 24.0 Å². The fraction of sp³-hybridized carbons (Fsp3) is 0.577. The Labute approximate surface area is 223 Å². The van der Waals surface area contributed by atoms with Gasteiger partial charge in [-0.1, -0.05) is 30.3 Å². The molecule has 10 N–H and O–H groups in total. The Hall–Kier alpha value is -3.51. The lowest BCUT2D eigenvalue weighted by molar-refractivity contribution is -0.137. The molecule has 210 valence electrons. The van der Waals surface area contributed by atoms with E-state index >= 15 is 0 Å². The largest absolute Gasteiger partial charge is 0.370 e. The summed E-state index contributed by atoms with van der Waals surface area (Å²) in [6.07, 6.45) is 2.97. The van der Waals surface area contributed by atoms with Crippen molar-refractivity contribution >= 4 is 29.5 Å². The summed E-state index contributed by atoms with van der Waals surface area (Å²) >= 11 is 0. The van der Waals surface area contributed by atoms with Crippen molar-refractivity contribution in [3.63, 3.8) is 0 Å². The van der Waals surface area contributed by atoms with Crippen molar-refractivity contribution in [1.29, 1.82) is 0 Å². The molecule has 0 radical (unpaired) electrons. The van der Waals surface area contributed by atoms with Gasteiger partial charge in [-0.25, -0.2) is 0 Å². The summed E-state index contributed by atoms with van der Waals surface area (Å²) in [5, 5.41) is 10.9. The summed E-state index contributed by atoms with van der Waals surface area (Å²) in [5.41, 5.74) is 17.3. The van der Waals surface area contributed by atoms with Crippen molar-refractivity contribution in [1.82, 2.24) is 21.3 Å². The van der Waals surface area contributed by atoms with Crippen LogP contribution in [0.2, 0.25) is 0 Å². The summed E-state index contributed by atoms with van der Waals surface area (Å²) < 4.78 is 0. The van der Waals surface area contributed by atoms with Gasteiger partial charge >= 0.3 is 0 Å². The monoisotopic (exact) mass is 531 g/mol. The molecule has 1 heterocycles. The quantitative estimate of drug-likeness (QED) is 0.153. The number of rotatable bonds is 13. The molecule has 12 nitrogen and oxygen atoms in total. The van der Waals surface area contributed by atoms with Crippen LogP contribution in [0.5, 0.6) is 0 Å². The average Bonchev–Trinajstić information content (AvgIpc) is 2.89. The van der Waals surface area contributed by atoms with Crippen LogP contribution in [-0.4, -0.2) is 66.8 Å². The van der Waals surface area contributed by atoms with Crippen LogP contribution in [0.15, 0.2) is 30.3 Å². The molecule has 1 aliphatic heterocycles. The van der Waals surface area contributed by atoms with Gasteiger partial charge in [0.1, 0.15) is 24.2 Å². The fourth-order valence-corrected chi connectivity index (χ4v) is 4.23. The fourth-order valence-electron chi connectivity index (χ4n) is 4.23. The number of carbonyl (C=O) groups is 5. The van der Waals surface area contributed by atoms with Gasteiger partial charge in [0.25, 0.3) is 0 Å². The summed E-state index contributed by atoms with van der Waals surface area (Å²) in [7, 11) is 0. The molecular weight excluding hydrogens is 490 g/mol. The van der Waals surface area contributed by atoms with Crippen molar-refractivity contribution in [2.75, 3.05) is 13.1 Å². The SMILES string of the molecule is NCCCC[C@@H]1NC(=O)[C@H](CCC(N)=O)NC(=O)[C@H](CCCCN)NC(=O)[C@H](Cc2ccccc2)NC1=O. The summed E-state index contributed by atoms with van der Waals surface area (Å²) in [6.45, 7) is 0.842. The van der Waals surface area contributed by atoms with Crippen LogP contribution in [-0.2, 0) is 30.4 Å². The van der Waals surface area contributed by atoms with E-state index in [0.29, 0.717) is 38.8 Å². The average molecular weight is 532 g/mol. The molecular formula is C26H41N7O5. The highest BCUT2D eigenvalue weighted by Gasteiger charge is 2.34. The molecule has 0 aliphatic carbocycles. The lowest BCUT2D eigenvalue weighted by Gasteiger charge is -2.29. The van der Waals surface area contributed by atoms with E-state index in [2.05, 4.69) is 21.3 Å². The maximum absolute atomic E-state index is 13.4. The Morgan fingerprint density at radius 3 is 1.50 bits per heavy atom. The first-order valence-electron chi connectivity index (χ1n) is 13.2. The minimum Gasteiger partial charge on any atom is -0.370 e. The van der Waals surface area contributed by atoms with Crippen molar-refractivity contribution in [2.24, 2.45) is 17.2 Å². The van der Waals surface area contributed by atoms with Crippen molar-refractivity contribution in [2.45, 2.75) is 82.0 Å². The van der Waals surface area contributed by atoms with Gasteiger partial charge in [0.05, 0.1) is 0 Å². The van der Waals surface area contributed by atoms with Crippen LogP contribution in [0.3, 0.4) is 0 Å². The van der Waals surface area contributed by atoms with Crippen LogP contribution in [0, 0.1) is 0 Å².